The van der Waals surface area contributed by atoms with Crippen LogP contribution < -0.4 is 5.32 Å². The van der Waals surface area contributed by atoms with Crippen molar-refractivity contribution in [3.63, 3.8) is 0 Å². The number of nitrogens with one attached hydrogen (secondary N) is 1. The largest absolute Gasteiger partial charge is 0.316 e. The van der Waals surface area contributed by atoms with Crippen LogP contribution in [0.15, 0.2) is 42.5 Å². The van der Waals surface area contributed by atoms with Gasteiger partial charge in [0.15, 0.2) is 5.78 Å². The average Bonchev–Trinajstić information content (AvgIpc) is 2.39. The number of carbonyl (C=O) groups is 1. The molecule has 0 fully saturated rings. The van der Waals surface area contributed by atoms with Crippen molar-refractivity contribution in [1.29, 1.82) is 0 Å². The Labute approximate surface area is 114 Å². The third-order valence-electron chi connectivity index (χ3n) is 3.22. The Hall–Kier alpha value is -1.93. The second-order valence-electron chi connectivity index (χ2n) is 4.87. The molecule has 2 nitrogen and oxygen atoms in total. The Kier molecular flexibility index (Phi) is 4.13. The van der Waals surface area contributed by atoms with E-state index in [1.165, 1.54) is 11.1 Å². The minimum absolute atomic E-state index is 0.0912. The van der Waals surface area contributed by atoms with Crippen LogP contribution in [0, 0.1) is 13.8 Å². The molecule has 0 bridgehead atoms. The van der Waals surface area contributed by atoms with Gasteiger partial charge in [0.2, 0.25) is 0 Å². The van der Waals surface area contributed by atoms with Crippen molar-refractivity contribution in [2.24, 2.45) is 0 Å². The summed E-state index contributed by atoms with van der Waals surface area (Å²) in [6.07, 6.45) is 0. The minimum Gasteiger partial charge on any atom is -0.316 e. The molecule has 19 heavy (non-hydrogen) atoms. The van der Waals surface area contributed by atoms with Gasteiger partial charge in [0.05, 0.1) is 0 Å². The van der Waals surface area contributed by atoms with Gasteiger partial charge >= 0.3 is 0 Å². The first-order valence-electron chi connectivity index (χ1n) is 6.47. The van der Waals surface area contributed by atoms with Gasteiger partial charge in [0.1, 0.15) is 0 Å². The van der Waals surface area contributed by atoms with Gasteiger partial charge in [0, 0.05) is 17.7 Å². The van der Waals surface area contributed by atoms with Crippen LogP contribution in [0.1, 0.15) is 32.6 Å². The highest BCUT2D eigenvalue weighted by atomic mass is 16.1. The Morgan fingerprint density at radius 2 is 1.74 bits per heavy atom. The van der Waals surface area contributed by atoms with Crippen LogP contribution in [0.3, 0.4) is 0 Å². The fourth-order valence-electron chi connectivity index (χ4n) is 2.20. The molecule has 0 saturated carbocycles. The summed E-state index contributed by atoms with van der Waals surface area (Å²) < 4.78 is 0. The molecule has 0 radical (unpaired) electrons. The molecule has 0 aromatic heterocycles. The Bertz CT molecular complexity index is 585. The van der Waals surface area contributed by atoms with Crippen molar-refractivity contribution in [2.45, 2.75) is 20.4 Å². The number of benzene rings is 2. The Morgan fingerprint density at radius 1 is 1.05 bits per heavy atom. The molecule has 0 spiro atoms. The molecule has 0 aliphatic rings. The lowest BCUT2D eigenvalue weighted by Crippen LogP contribution is -2.07. The molecule has 0 atom stereocenters. The molecule has 0 aliphatic carbocycles. The van der Waals surface area contributed by atoms with Crippen LogP contribution >= 0.6 is 0 Å². The maximum atomic E-state index is 12.4. The zero-order valence-electron chi connectivity index (χ0n) is 11.7. The summed E-state index contributed by atoms with van der Waals surface area (Å²) >= 11 is 0. The van der Waals surface area contributed by atoms with Gasteiger partial charge in [0.25, 0.3) is 0 Å². The smallest absolute Gasteiger partial charge is 0.193 e. The molecule has 0 amide bonds. The van der Waals surface area contributed by atoms with Gasteiger partial charge in [-0.3, -0.25) is 4.79 Å². The molecule has 1 N–H and O–H groups in total. The van der Waals surface area contributed by atoms with Crippen molar-refractivity contribution in [3.8, 4) is 0 Å². The third-order valence-corrected chi connectivity index (χ3v) is 3.22. The zero-order chi connectivity index (χ0) is 13.8. The SMILES string of the molecule is CNCc1ccc(C(=O)c2ccc(C)cc2C)cc1. The summed E-state index contributed by atoms with van der Waals surface area (Å²) in [7, 11) is 1.91. The number of hydrogen-bond donors (Lipinski definition) is 1. The van der Waals surface area contributed by atoms with E-state index in [-0.39, 0.29) is 5.78 Å². The van der Waals surface area contributed by atoms with E-state index in [9.17, 15) is 4.79 Å². The van der Waals surface area contributed by atoms with Gasteiger partial charge in [-0.25, -0.2) is 0 Å². The van der Waals surface area contributed by atoms with E-state index in [1.807, 2.05) is 63.4 Å². The highest BCUT2D eigenvalue weighted by Crippen LogP contribution is 2.16. The molecule has 0 aliphatic heterocycles. The van der Waals surface area contributed by atoms with Gasteiger partial charge in [-0.15, -0.1) is 0 Å². The molecule has 2 aromatic carbocycles. The fraction of sp³-hybridized carbons (Fsp3) is 0.235. The van der Waals surface area contributed by atoms with Gasteiger partial charge in [-0.1, -0.05) is 48.0 Å². The van der Waals surface area contributed by atoms with E-state index in [1.54, 1.807) is 0 Å². The molecule has 2 heteroatoms. The quantitative estimate of drug-likeness (QED) is 0.847. The summed E-state index contributed by atoms with van der Waals surface area (Å²) in [6, 6.07) is 13.7. The predicted octanol–water partition coefficient (Wildman–Crippen LogP) is 3.25. The molecule has 0 heterocycles. The third kappa shape index (κ3) is 3.09. The van der Waals surface area contributed by atoms with Gasteiger partial charge in [-0.2, -0.15) is 0 Å². The number of aryl methyl sites for hydroxylation is 2. The maximum absolute atomic E-state index is 12.4. The van der Waals surface area contributed by atoms with E-state index >= 15 is 0 Å². The summed E-state index contributed by atoms with van der Waals surface area (Å²) in [5, 5.41) is 3.09. The van der Waals surface area contributed by atoms with Crippen LogP contribution in [0.5, 0.6) is 0 Å². The summed E-state index contributed by atoms with van der Waals surface area (Å²) in [4.78, 5) is 12.4. The van der Waals surface area contributed by atoms with Crippen molar-refractivity contribution >= 4 is 5.78 Å². The maximum Gasteiger partial charge on any atom is 0.193 e. The number of rotatable bonds is 4. The van der Waals surface area contributed by atoms with Gasteiger partial charge in [-0.05, 0) is 32.0 Å². The fourth-order valence-corrected chi connectivity index (χ4v) is 2.20. The monoisotopic (exact) mass is 253 g/mol. The van der Waals surface area contributed by atoms with Crippen LogP contribution in [0.4, 0.5) is 0 Å². The van der Waals surface area contributed by atoms with E-state index in [0.29, 0.717) is 0 Å². The minimum atomic E-state index is 0.0912. The van der Waals surface area contributed by atoms with Crippen LogP contribution in [-0.4, -0.2) is 12.8 Å². The first-order valence-corrected chi connectivity index (χ1v) is 6.47. The van der Waals surface area contributed by atoms with Crippen molar-refractivity contribution in [1.82, 2.24) is 5.32 Å². The van der Waals surface area contributed by atoms with E-state index in [4.69, 9.17) is 0 Å². The lowest BCUT2D eigenvalue weighted by atomic mass is 9.97. The molecular formula is C17H19NO. The number of hydrogen-bond acceptors (Lipinski definition) is 2. The molecule has 2 aromatic rings. The molecule has 0 unspecified atom stereocenters. The molecular weight excluding hydrogens is 234 g/mol. The first kappa shape index (κ1) is 13.5. The topological polar surface area (TPSA) is 29.1 Å². The standard InChI is InChI=1S/C17H19NO/c1-12-4-9-16(13(2)10-12)17(19)15-7-5-14(6-8-15)11-18-3/h4-10,18H,11H2,1-3H3. The zero-order valence-corrected chi connectivity index (χ0v) is 11.7. The lowest BCUT2D eigenvalue weighted by molar-refractivity contribution is 0.103. The van der Waals surface area contributed by atoms with E-state index < -0.39 is 0 Å². The van der Waals surface area contributed by atoms with Crippen molar-refractivity contribution in [3.05, 3.63) is 70.3 Å². The highest BCUT2D eigenvalue weighted by molar-refractivity contribution is 6.09. The van der Waals surface area contributed by atoms with Crippen LogP contribution in [0.2, 0.25) is 0 Å². The lowest BCUT2D eigenvalue weighted by Gasteiger charge is -2.07. The summed E-state index contributed by atoms with van der Waals surface area (Å²) in [6.45, 7) is 4.83. The van der Waals surface area contributed by atoms with Crippen LogP contribution in [-0.2, 0) is 6.54 Å². The normalized spacial score (nSPS) is 10.5. The molecule has 0 saturated heterocycles. The number of ketones is 1. The van der Waals surface area contributed by atoms with Crippen molar-refractivity contribution in [2.75, 3.05) is 7.05 Å². The Balaban J connectivity index is 2.28. The number of carbonyl (C=O) groups excluding carboxylic acids is 1. The van der Waals surface area contributed by atoms with Crippen LogP contribution in [0.25, 0.3) is 0 Å². The van der Waals surface area contributed by atoms with Crippen molar-refractivity contribution < 1.29 is 4.79 Å². The average molecular weight is 253 g/mol. The second kappa shape index (κ2) is 5.81. The summed E-state index contributed by atoms with van der Waals surface area (Å²) in [5.41, 5.74) is 4.92. The first-order chi connectivity index (χ1) is 9.11. The predicted molar refractivity (Wildman–Crippen MR) is 78.6 cm³/mol. The highest BCUT2D eigenvalue weighted by Gasteiger charge is 2.11. The molecule has 2 rings (SSSR count). The van der Waals surface area contributed by atoms with E-state index in [0.717, 1.165) is 23.2 Å². The van der Waals surface area contributed by atoms with Gasteiger partial charge < -0.3 is 5.32 Å². The molecule has 98 valence electrons. The Morgan fingerprint density at radius 3 is 2.32 bits per heavy atom. The summed E-state index contributed by atoms with van der Waals surface area (Å²) in [5.74, 6) is 0.0912. The second-order valence-corrected chi connectivity index (χ2v) is 4.87. The van der Waals surface area contributed by atoms with E-state index in [2.05, 4.69) is 5.32 Å².